The molecule has 6 nitrogen and oxygen atoms in total. The van der Waals surface area contributed by atoms with Crippen molar-refractivity contribution in [2.24, 2.45) is 5.41 Å². The zero-order valence-electron chi connectivity index (χ0n) is 15.7. The van der Waals surface area contributed by atoms with Gasteiger partial charge in [0.25, 0.3) is 5.91 Å². The molecule has 0 spiro atoms. The predicted molar refractivity (Wildman–Crippen MR) is 97.1 cm³/mol. The SMILES string of the molecule is O=C(NCC1(COc2ccc(C(F)(F)F)cn2)C[C@@H](O)[C@@H](O)C1)c1ccc(F)cc1. The summed E-state index contributed by atoms with van der Waals surface area (Å²) in [6, 6.07) is 6.84. The second-order valence-corrected chi connectivity index (χ2v) is 7.40. The summed E-state index contributed by atoms with van der Waals surface area (Å²) >= 11 is 0. The summed E-state index contributed by atoms with van der Waals surface area (Å²) in [6.45, 7) is -0.0683. The number of ether oxygens (including phenoxy) is 1. The molecule has 0 radical (unpaired) electrons. The van der Waals surface area contributed by atoms with E-state index in [1.807, 2.05) is 0 Å². The zero-order valence-corrected chi connectivity index (χ0v) is 15.7. The van der Waals surface area contributed by atoms with Crippen LogP contribution in [-0.4, -0.2) is 46.5 Å². The van der Waals surface area contributed by atoms with E-state index in [1.165, 1.54) is 12.1 Å². The van der Waals surface area contributed by atoms with Crippen LogP contribution in [-0.2, 0) is 6.18 Å². The molecule has 0 bridgehead atoms. The lowest BCUT2D eigenvalue weighted by Crippen LogP contribution is -2.40. The molecular formula is C20H20F4N2O4. The van der Waals surface area contributed by atoms with Gasteiger partial charge in [-0.15, -0.1) is 0 Å². The predicted octanol–water partition coefficient (Wildman–Crippen LogP) is 2.55. The highest BCUT2D eigenvalue weighted by molar-refractivity contribution is 5.94. The highest BCUT2D eigenvalue weighted by Gasteiger charge is 2.45. The zero-order chi connectivity index (χ0) is 21.9. The highest BCUT2D eigenvalue weighted by atomic mass is 19.4. The number of hydrogen-bond acceptors (Lipinski definition) is 5. The number of hydrogen-bond donors (Lipinski definition) is 3. The molecule has 1 aliphatic rings. The first kappa shape index (κ1) is 22.0. The molecule has 1 aliphatic carbocycles. The standard InChI is InChI=1S/C20H20F4N2O4/c21-14-4-1-12(2-5-14)18(29)26-10-19(7-15(27)16(28)8-19)11-30-17-6-3-13(9-25-17)20(22,23)24/h1-6,9,15-16,27-28H,7-8,10-11H2,(H,26,29)/t15-,16+,19?. The van der Waals surface area contributed by atoms with E-state index in [4.69, 9.17) is 4.74 Å². The fourth-order valence-electron chi connectivity index (χ4n) is 3.39. The van der Waals surface area contributed by atoms with Gasteiger partial charge in [0.2, 0.25) is 5.88 Å². The lowest BCUT2D eigenvalue weighted by molar-refractivity contribution is -0.137. The number of alkyl halides is 3. The number of amides is 1. The van der Waals surface area contributed by atoms with Crippen LogP contribution in [0.3, 0.4) is 0 Å². The molecule has 30 heavy (non-hydrogen) atoms. The van der Waals surface area contributed by atoms with Crippen molar-refractivity contribution in [1.82, 2.24) is 10.3 Å². The van der Waals surface area contributed by atoms with E-state index < -0.39 is 41.1 Å². The van der Waals surface area contributed by atoms with Crippen molar-refractivity contribution in [2.45, 2.75) is 31.2 Å². The molecule has 162 valence electrons. The van der Waals surface area contributed by atoms with Crippen LogP contribution in [0.25, 0.3) is 0 Å². The molecule has 3 rings (SSSR count). The monoisotopic (exact) mass is 428 g/mol. The summed E-state index contributed by atoms with van der Waals surface area (Å²) < 4.78 is 56.4. The van der Waals surface area contributed by atoms with Crippen molar-refractivity contribution in [1.29, 1.82) is 0 Å². The fraction of sp³-hybridized carbons (Fsp3) is 0.400. The van der Waals surface area contributed by atoms with Crippen molar-refractivity contribution in [2.75, 3.05) is 13.2 Å². The quantitative estimate of drug-likeness (QED) is 0.616. The Morgan fingerprint density at radius 1 is 1.13 bits per heavy atom. The molecule has 1 amide bonds. The van der Waals surface area contributed by atoms with Crippen molar-refractivity contribution in [3.63, 3.8) is 0 Å². The lowest BCUT2D eigenvalue weighted by Gasteiger charge is -2.29. The van der Waals surface area contributed by atoms with Crippen molar-refractivity contribution >= 4 is 5.91 Å². The molecule has 1 fully saturated rings. The smallest absolute Gasteiger partial charge is 0.417 e. The van der Waals surface area contributed by atoms with Gasteiger partial charge in [-0.05, 0) is 43.2 Å². The average molecular weight is 428 g/mol. The number of aromatic nitrogens is 1. The third kappa shape index (κ3) is 5.25. The van der Waals surface area contributed by atoms with E-state index in [0.717, 1.165) is 24.3 Å². The Morgan fingerprint density at radius 2 is 1.77 bits per heavy atom. The molecule has 3 N–H and O–H groups in total. The van der Waals surface area contributed by atoms with Crippen LogP contribution in [0.2, 0.25) is 0 Å². The van der Waals surface area contributed by atoms with E-state index in [-0.39, 0.29) is 37.4 Å². The second kappa shape index (κ2) is 8.57. The topological polar surface area (TPSA) is 91.7 Å². The van der Waals surface area contributed by atoms with E-state index in [2.05, 4.69) is 10.3 Å². The van der Waals surface area contributed by atoms with Gasteiger partial charge in [0.15, 0.2) is 0 Å². The first-order valence-electron chi connectivity index (χ1n) is 9.14. The number of nitrogens with zero attached hydrogens (tertiary/aromatic N) is 1. The van der Waals surface area contributed by atoms with Gasteiger partial charge < -0.3 is 20.3 Å². The molecule has 1 heterocycles. The number of pyridine rings is 1. The van der Waals surface area contributed by atoms with Crippen LogP contribution in [0.4, 0.5) is 17.6 Å². The maximum atomic E-state index is 13.0. The normalized spacial score (nSPS) is 23.9. The number of carbonyl (C=O) groups excluding carboxylic acids is 1. The van der Waals surface area contributed by atoms with Crippen LogP contribution in [0.15, 0.2) is 42.6 Å². The Morgan fingerprint density at radius 3 is 2.30 bits per heavy atom. The van der Waals surface area contributed by atoms with Gasteiger partial charge in [-0.25, -0.2) is 9.37 Å². The Labute approximate surface area is 169 Å². The molecule has 0 aliphatic heterocycles. The van der Waals surface area contributed by atoms with E-state index >= 15 is 0 Å². The third-order valence-electron chi connectivity index (χ3n) is 5.05. The fourth-order valence-corrected chi connectivity index (χ4v) is 3.39. The van der Waals surface area contributed by atoms with Gasteiger partial charge in [-0.2, -0.15) is 13.2 Å². The molecule has 1 aromatic heterocycles. The molecule has 1 aromatic carbocycles. The second-order valence-electron chi connectivity index (χ2n) is 7.40. The minimum atomic E-state index is -4.52. The Balaban J connectivity index is 1.66. The summed E-state index contributed by atoms with van der Waals surface area (Å²) in [6.07, 6.45) is -5.71. The van der Waals surface area contributed by atoms with Gasteiger partial charge in [-0.1, -0.05) is 0 Å². The first-order valence-corrected chi connectivity index (χ1v) is 9.14. The van der Waals surface area contributed by atoms with Crippen molar-refractivity contribution < 1.29 is 37.3 Å². The number of nitrogens with one attached hydrogen (secondary N) is 1. The maximum absolute atomic E-state index is 13.0. The summed E-state index contributed by atoms with van der Waals surface area (Å²) in [5.41, 5.74) is -1.54. The van der Waals surface area contributed by atoms with Crippen molar-refractivity contribution in [3.8, 4) is 5.88 Å². The van der Waals surface area contributed by atoms with E-state index in [9.17, 15) is 32.6 Å². The average Bonchev–Trinajstić information content (AvgIpc) is 2.99. The van der Waals surface area contributed by atoms with Crippen LogP contribution < -0.4 is 10.1 Å². The summed E-state index contributed by atoms with van der Waals surface area (Å²) in [5.74, 6) is -1.01. The van der Waals surface area contributed by atoms with Crippen LogP contribution >= 0.6 is 0 Å². The van der Waals surface area contributed by atoms with Crippen LogP contribution in [0, 0.1) is 11.2 Å². The Hall–Kier alpha value is -2.72. The number of rotatable bonds is 6. The van der Waals surface area contributed by atoms with Crippen molar-refractivity contribution in [3.05, 3.63) is 59.5 Å². The van der Waals surface area contributed by atoms with Gasteiger partial charge in [-0.3, -0.25) is 4.79 Å². The molecule has 2 aromatic rings. The first-order chi connectivity index (χ1) is 14.1. The molecular weight excluding hydrogens is 408 g/mol. The van der Waals surface area contributed by atoms with Gasteiger partial charge in [0.1, 0.15) is 5.82 Å². The van der Waals surface area contributed by atoms with E-state index in [1.54, 1.807) is 0 Å². The lowest BCUT2D eigenvalue weighted by atomic mass is 9.86. The van der Waals surface area contributed by atoms with Gasteiger partial charge in [0.05, 0.1) is 24.4 Å². The largest absolute Gasteiger partial charge is 0.477 e. The Kier molecular flexibility index (Phi) is 6.27. The number of benzene rings is 1. The number of aliphatic hydroxyl groups excluding tert-OH is 2. The van der Waals surface area contributed by atoms with Gasteiger partial charge >= 0.3 is 6.18 Å². The number of halogens is 4. The highest BCUT2D eigenvalue weighted by Crippen LogP contribution is 2.39. The minimum Gasteiger partial charge on any atom is -0.477 e. The van der Waals surface area contributed by atoms with E-state index in [0.29, 0.717) is 6.20 Å². The van der Waals surface area contributed by atoms with Gasteiger partial charge in [0, 0.05) is 29.8 Å². The number of carbonyl (C=O) groups is 1. The summed E-state index contributed by atoms with van der Waals surface area (Å²) in [5, 5.41) is 22.6. The summed E-state index contributed by atoms with van der Waals surface area (Å²) in [4.78, 5) is 15.9. The van der Waals surface area contributed by atoms with Crippen LogP contribution in [0.5, 0.6) is 5.88 Å². The maximum Gasteiger partial charge on any atom is 0.417 e. The molecule has 3 atom stereocenters. The molecule has 0 saturated heterocycles. The third-order valence-corrected chi connectivity index (χ3v) is 5.05. The molecule has 1 unspecified atom stereocenters. The molecule has 10 heteroatoms. The number of aliphatic hydroxyl groups is 2. The minimum absolute atomic E-state index is 0.0258. The summed E-state index contributed by atoms with van der Waals surface area (Å²) in [7, 11) is 0. The Bertz CT molecular complexity index is 862. The molecule has 1 saturated carbocycles. The van der Waals surface area contributed by atoms with Crippen LogP contribution in [0.1, 0.15) is 28.8 Å².